The van der Waals surface area contributed by atoms with Crippen LogP contribution in [0.4, 0.5) is 5.95 Å². The summed E-state index contributed by atoms with van der Waals surface area (Å²) in [5.74, 6) is 0.733. The summed E-state index contributed by atoms with van der Waals surface area (Å²) in [4.78, 5) is 29.6. The molecule has 6 nitrogen and oxygen atoms in total. The SMILES string of the molecule is O=C(c1cncc(-c2ccccc2)c1)N1CCN(c2ncccn2)CC1. The van der Waals surface area contributed by atoms with Crippen molar-refractivity contribution in [3.63, 3.8) is 0 Å². The van der Waals surface area contributed by atoms with Crippen LogP contribution < -0.4 is 4.90 Å². The van der Waals surface area contributed by atoms with Crippen LogP contribution in [0.3, 0.4) is 0 Å². The fraction of sp³-hybridized carbons (Fsp3) is 0.200. The van der Waals surface area contributed by atoms with E-state index in [9.17, 15) is 4.79 Å². The van der Waals surface area contributed by atoms with E-state index < -0.39 is 0 Å². The third-order valence-corrected chi connectivity index (χ3v) is 4.49. The molecule has 2 aromatic heterocycles. The van der Waals surface area contributed by atoms with Crippen molar-refractivity contribution in [1.29, 1.82) is 0 Å². The highest BCUT2D eigenvalue weighted by Crippen LogP contribution is 2.20. The Balaban J connectivity index is 1.46. The number of rotatable bonds is 3. The molecule has 1 saturated heterocycles. The van der Waals surface area contributed by atoms with Crippen molar-refractivity contribution in [2.75, 3.05) is 31.1 Å². The number of nitrogens with zero attached hydrogens (tertiary/aromatic N) is 5. The Kier molecular flexibility index (Phi) is 4.55. The monoisotopic (exact) mass is 345 g/mol. The second-order valence-corrected chi connectivity index (χ2v) is 6.16. The van der Waals surface area contributed by atoms with Crippen molar-refractivity contribution < 1.29 is 4.79 Å². The van der Waals surface area contributed by atoms with Crippen LogP contribution in [0.25, 0.3) is 11.1 Å². The van der Waals surface area contributed by atoms with Gasteiger partial charge in [0.2, 0.25) is 5.95 Å². The number of pyridine rings is 1. The Labute approximate surface area is 152 Å². The van der Waals surface area contributed by atoms with Crippen LogP contribution in [0.1, 0.15) is 10.4 Å². The molecule has 3 heterocycles. The molecule has 0 unspecified atom stereocenters. The first-order chi connectivity index (χ1) is 12.8. The minimum Gasteiger partial charge on any atom is -0.337 e. The number of anilines is 1. The van der Waals surface area contributed by atoms with Gasteiger partial charge in [-0.25, -0.2) is 9.97 Å². The molecule has 1 amide bonds. The van der Waals surface area contributed by atoms with Crippen LogP contribution in [0.5, 0.6) is 0 Å². The molecular weight excluding hydrogens is 326 g/mol. The molecule has 3 aromatic rings. The molecule has 0 radical (unpaired) electrons. The first kappa shape index (κ1) is 16.2. The van der Waals surface area contributed by atoms with E-state index in [0.29, 0.717) is 24.6 Å². The zero-order valence-electron chi connectivity index (χ0n) is 14.3. The van der Waals surface area contributed by atoms with Crippen LogP contribution in [0, 0.1) is 0 Å². The van der Waals surface area contributed by atoms with Gasteiger partial charge in [0.1, 0.15) is 0 Å². The van der Waals surface area contributed by atoms with Crippen LogP contribution in [0.2, 0.25) is 0 Å². The smallest absolute Gasteiger partial charge is 0.255 e. The van der Waals surface area contributed by atoms with Crippen LogP contribution in [0.15, 0.2) is 67.3 Å². The largest absolute Gasteiger partial charge is 0.337 e. The number of hydrogen-bond acceptors (Lipinski definition) is 5. The van der Waals surface area contributed by atoms with E-state index in [-0.39, 0.29) is 5.91 Å². The van der Waals surface area contributed by atoms with Crippen LogP contribution in [-0.4, -0.2) is 51.9 Å². The van der Waals surface area contributed by atoms with E-state index in [4.69, 9.17) is 0 Å². The summed E-state index contributed by atoms with van der Waals surface area (Å²) in [5, 5.41) is 0. The maximum Gasteiger partial charge on any atom is 0.255 e. The summed E-state index contributed by atoms with van der Waals surface area (Å²) in [6, 6.07) is 13.7. The van der Waals surface area contributed by atoms with Crippen molar-refractivity contribution >= 4 is 11.9 Å². The van der Waals surface area contributed by atoms with Gasteiger partial charge in [0, 0.05) is 56.5 Å². The molecule has 4 rings (SSSR count). The number of piperazine rings is 1. The molecule has 0 saturated carbocycles. The lowest BCUT2D eigenvalue weighted by atomic mass is 10.1. The molecule has 0 spiro atoms. The van der Waals surface area contributed by atoms with Gasteiger partial charge in [0.05, 0.1) is 5.56 Å². The molecular formula is C20H19N5O. The van der Waals surface area contributed by atoms with Gasteiger partial charge in [0.15, 0.2) is 0 Å². The minimum atomic E-state index is 0.0175. The summed E-state index contributed by atoms with van der Waals surface area (Å²) >= 11 is 0. The summed E-state index contributed by atoms with van der Waals surface area (Å²) in [6.45, 7) is 2.74. The van der Waals surface area contributed by atoms with Crippen molar-refractivity contribution in [3.05, 3.63) is 72.8 Å². The van der Waals surface area contributed by atoms with E-state index in [1.165, 1.54) is 0 Å². The molecule has 0 N–H and O–H groups in total. The predicted octanol–water partition coefficient (Wildman–Crippen LogP) is 2.50. The van der Waals surface area contributed by atoms with Crippen molar-refractivity contribution in [3.8, 4) is 11.1 Å². The van der Waals surface area contributed by atoms with Gasteiger partial charge in [0.25, 0.3) is 5.91 Å². The molecule has 6 heteroatoms. The van der Waals surface area contributed by atoms with Crippen LogP contribution in [-0.2, 0) is 0 Å². The first-order valence-corrected chi connectivity index (χ1v) is 8.63. The lowest BCUT2D eigenvalue weighted by Gasteiger charge is -2.34. The van der Waals surface area contributed by atoms with Gasteiger partial charge in [-0.3, -0.25) is 9.78 Å². The highest BCUT2D eigenvalue weighted by Gasteiger charge is 2.23. The molecule has 1 aliphatic rings. The fourth-order valence-corrected chi connectivity index (χ4v) is 3.09. The summed E-state index contributed by atoms with van der Waals surface area (Å²) in [5.41, 5.74) is 2.63. The fourth-order valence-electron chi connectivity index (χ4n) is 3.09. The Morgan fingerprint density at radius 3 is 2.31 bits per heavy atom. The van der Waals surface area contributed by atoms with Gasteiger partial charge in [-0.1, -0.05) is 30.3 Å². The third-order valence-electron chi connectivity index (χ3n) is 4.49. The number of amides is 1. The van der Waals surface area contributed by atoms with E-state index in [1.54, 1.807) is 30.9 Å². The molecule has 0 bridgehead atoms. The number of benzene rings is 1. The Bertz CT molecular complexity index is 877. The molecule has 1 fully saturated rings. The number of carbonyl (C=O) groups is 1. The van der Waals surface area contributed by atoms with Gasteiger partial charge in [-0.05, 0) is 17.7 Å². The quantitative estimate of drug-likeness (QED) is 0.730. The van der Waals surface area contributed by atoms with Crippen molar-refractivity contribution in [1.82, 2.24) is 19.9 Å². The molecule has 1 aromatic carbocycles. The summed E-state index contributed by atoms with van der Waals surface area (Å²) in [6.07, 6.45) is 6.90. The first-order valence-electron chi connectivity index (χ1n) is 8.63. The highest BCUT2D eigenvalue weighted by molar-refractivity contribution is 5.95. The molecule has 0 atom stereocenters. The number of hydrogen-bond donors (Lipinski definition) is 0. The van der Waals surface area contributed by atoms with Crippen molar-refractivity contribution in [2.24, 2.45) is 0 Å². The average Bonchev–Trinajstić information content (AvgIpc) is 2.75. The van der Waals surface area contributed by atoms with E-state index in [2.05, 4.69) is 19.9 Å². The standard InChI is InChI=1S/C20H19N5O/c26-19(18-13-17(14-21-15-18)16-5-2-1-3-6-16)24-9-11-25(12-10-24)20-22-7-4-8-23-20/h1-8,13-15H,9-12H2. The van der Waals surface area contributed by atoms with Crippen LogP contribution >= 0.6 is 0 Å². The highest BCUT2D eigenvalue weighted by atomic mass is 16.2. The zero-order chi connectivity index (χ0) is 17.8. The number of carbonyl (C=O) groups excluding carboxylic acids is 1. The molecule has 1 aliphatic heterocycles. The molecule has 26 heavy (non-hydrogen) atoms. The van der Waals surface area contributed by atoms with Crippen molar-refractivity contribution in [2.45, 2.75) is 0 Å². The molecule has 0 aliphatic carbocycles. The Hall–Kier alpha value is -3.28. The average molecular weight is 345 g/mol. The maximum absolute atomic E-state index is 12.9. The van der Waals surface area contributed by atoms with E-state index >= 15 is 0 Å². The normalized spacial score (nSPS) is 14.3. The maximum atomic E-state index is 12.9. The summed E-state index contributed by atoms with van der Waals surface area (Å²) < 4.78 is 0. The van der Waals surface area contributed by atoms with Gasteiger partial charge >= 0.3 is 0 Å². The third kappa shape index (κ3) is 3.39. The lowest BCUT2D eigenvalue weighted by molar-refractivity contribution is 0.0746. The van der Waals surface area contributed by atoms with Gasteiger partial charge < -0.3 is 9.80 Å². The minimum absolute atomic E-state index is 0.0175. The Morgan fingerprint density at radius 2 is 1.58 bits per heavy atom. The predicted molar refractivity (Wildman–Crippen MR) is 99.8 cm³/mol. The molecule has 130 valence electrons. The van der Waals surface area contributed by atoms with E-state index in [0.717, 1.165) is 24.2 Å². The van der Waals surface area contributed by atoms with E-state index in [1.807, 2.05) is 41.3 Å². The lowest BCUT2D eigenvalue weighted by Crippen LogP contribution is -2.49. The second kappa shape index (κ2) is 7.31. The van der Waals surface area contributed by atoms with Gasteiger partial charge in [-0.2, -0.15) is 0 Å². The Morgan fingerprint density at radius 1 is 0.846 bits per heavy atom. The second-order valence-electron chi connectivity index (χ2n) is 6.16. The van der Waals surface area contributed by atoms with Gasteiger partial charge in [-0.15, -0.1) is 0 Å². The zero-order valence-corrected chi connectivity index (χ0v) is 14.3. The summed E-state index contributed by atoms with van der Waals surface area (Å²) in [7, 11) is 0. The topological polar surface area (TPSA) is 62.2 Å². The number of aromatic nitrogens is 3.